The molecule has 0 N–H and O–H groups in total. The van der Waals surface area contributed by atoms with Crippen LogP contribution in [0.3, 0.4) is 0 Å². The van der Waals surface area contributed by atoms with E-state index in [1.54, 1.807) is 0 Å². The lowest BCUT2D eigenvalue weighted by molar-refractivity contribution is 0.530. The van der Waals surface area contributed by atoms with Gasteiger partial charge in [-0.05, 0) is 25.7 Å². The molecule has 0 radical (unpaired) electrons. The quantitative estimate of drug-likeness (QED) is 0.0558. The molecule has 0 spiro atoms. The van der Waals surface area contributed by atoms with Gasteiger partial charge in [0.25, 0.3) is 0 Å². The first-order chi connectivity index (χ1) is 19.4. The van der Waals surface area contributed by atoms with Gasteiger partial charge in [-0.2, -0.15) is 0 Å². The highest BCUT2D eigenvalue weighted by atomic mass is 14.0. The van der Waals surface area contributed by atoms with Crippen LogP contribution >= 0.6 is 0 Å². The molecular formula is C39H76. The molecule has 0 aromatic carbocycles. The standard InChI is InChI=1S/C39H76/c1-3-5-7-9-11-13-15-17-19-21-23-25-27-29-31-33-35-37-39-38-36-34-32-30-28-26-24-22-20-18-16-14-12-10-8-6-4-2/h35,37-39H,3-34,36H2,1-2H3. The summed E-state index contributed by atoms with van der Waals surface area (Å²) in [6.45, 7) is 4.61. The average Bonchev–Trinajstić information content (AvgIpc) is 2.95. The molecule has 0 nitrogen and oxygen atoms in total. The lowest BCUT2D eigenvalue weighted by Crippen LogP contribution is -1.83. The van der Waals surface area contributed by atoms with E-state index in [0.717, 1.165) is 0 Å². The topological polar surface area (TPSA) is 0 Å². The van der Waals surface area contributed by atoms with E-state index in [0.29, 0.717) is 0 Å². The molecule has 0 aliphatic heterocycles. The first-order valence-corrected chi connectivity index (χ1v) is 18.7. The van der Waals surface area contributed by atoms with Gasteiger partial charge in [0.2, 0.25) is 0 Å². The third kappa shape index (κ3) is 37.5. The van der Waals surface area contributed by atoms with Crippen LogP contribution in [0.2, 0.25) is 0 Å². The number of rotatable bonds is 34. The zero-order chi connectivity index (χ0) is 28.2. The summed E-state index contributed by atoms with van der Waals surface area (Å²) in [5.74, 6) is 0. The van der Waals surface area contributed by atoms with Crippen LogP contribution in [0, 0.1) is 0 Å². The molecule has 0 aromatic rings. The van der Waals surface area contributed by atoms with Gasteiger partial charge in [0, 0.05) is 0 Å². The van der Waals surface area contributed by atoms with Crippen LogP contribution in [0.15, 0.2) is 24.3 Å². The van der Waals surface area contributed by atoms with Crippen LogP contribution in [0.4, 0.5) is 0 Å². The zero-order valence-corrected chi connectivity index (χ0v) is 27.6. The Labute approximate surface area is 249 Å². The second-order valence-electron chi connectivity index (χ2n) is 12.7. The largest absolute Gasteiger partial charge is 0.0845 e. The number of hydrogen-bond donors (Lipinski definition) is 0. The van der Waals surface area contributed by atoms with Crippen molar-refractivity contribution in [1.29, 1.82) is 0 Å². The third-order valence-electron chi connectivity index (χ3n) is 8.58. The van der Waals surface area contributed by atoms with Crippen molar-refractivity contribution in [2.24, 2.45) is 0 Å². The molecule has 232 valence electrons. The predicted molar refractivity (Wildman–Crippen MR) is 182 cm³/mol. The minimum Gasteiger partial charge on any atom is -0.0845 e. The Morgan fingerprint density at radius 3 is 0.615 bits per heavy atom. The van der Waals surface area contributed by atoms with Crippen LogP contribution in [0.25, 0.3) is 0 Å². The monoisotopic (exact) mass is 545 g/mol. The van der Waals surface area contributed by atoms with Gasteiger partial charge in [-0.25, -0.2) is 0 Å². The van der Waals surface area contributed by atoms with E-state index in [1.807, 2.05) is 0 Å². The van der Waals surface area contributed by atoms with Gasteiger partial charge >= 0.3 is 0 Å². The minimum atomic E-state index is 1.27. The summed E-state index contributed by atoms with van der Waals surface area (Å²) < 4.78 is 0. The molecule has 0 amide bonds. The highest BCUT2D eigenvalue weighted by Gasteiger charge is 1.95. The van der Waals surface area contributed by atoms with Gasteiger partial charge in [-0.3, -0.25) is 0 Å². The van der Waals surface area contributed by atoms with E-state index in [4.69, 9.17) is 0 Å². The SMILES string of the molecule is CCCCCCCCCCCCCCCCCC=CC=CCCCCCCCCCCCCCCCCCC. The first-order valence-electron chi connectivity index (χ1n) is 18.7. The van der Waals surface area contributed by atoms with Crippen molar-refractivity contribution < 1.29 is 0 Å². The Morgan fingerprint density at radius 1 is 0.231 bits per heavy atom. The van der Waals surface area contributed by atoms with Gasteiger partial charge in [-0.15, -0.1) is 0 Å². The first kappa shape index (κ1) is 38.5. The molecule has 0 saturated carbocycles. The third-order valence-corrected chi connectivity index (χ3v) is 8.58. The van der Waals surface area contributed by atoms with Crippen molar-refractivity contribution in [3.05, 3.63) is 24.3 Å². The maximum Gasteiger partial charge on any atom is -0.0348 e. The normalized spacial score (nSPS) is 11.9. The van der Waals surface area contributed by atoms with E-state index in [1.165, 1.54) is 212 Å². The van der Waals surface area contributed by atoms with Crippen LogP contribution in [-0.4, -0.2) is 0 Å². The van der Waals surface area contributed by atoms with E-state index in [-0.39, 0.29) is 0 Å². The van der Waals surface area contributed by atoms with Gasteiger partial charge in [0.1, 0.15) is 0 Å². The van der Waals surface area contributed by atoms with Crippen molar-refractivity contribution in [2.45, 2.75) is 226 Å². The molecule has 0 heterocycles. The maximum atomic E-state index is 2.38. The van der Waals surface area contributed by atoms with Crippen molar-refractivity contribution >= 4 is 0 Å². The molecule has 0 fully saturated rings. The summed E-state index contributed by atoms with van der Waals surface area (Å²) in [6, 6.07) is 0. The summed E-state index contributed by atoms with van der Waals surface area (Å²) >= 11 is 0. The summed E-state index contributed by atoms with van der Waals surface area (Å²) in [5.41, 5.74) is 0. The smallest absolute Gasteiger partial charge is 0.0348 e. The molecule has 0 aromatic heterocycles. The number of unbranched alkanes of at least 4 members (excludes halogenated alkanes) is 31. The molecular weight excluding hydrogens is 468 g/mol. The molecule has 39 heavy (non-hydrogen) atoms. The van der Waals surface area contributed by atoms with Gasteiger partial charge < -0.3 is 0 Å². The molecule has 0 rings (SSSR count). The average molecular weight is 545 g/mol. The number of hydrogen-bond acceptors (Lipinski definition) is 0. The lowest BCUT2D eigenvalue weighted by atomic mass is 10.0. The van der Waals surface area contributed by atoms with Crippen molar-refractivity contribution in [1.82, 2.24) is 0 Å². The van der Waals surface area contributed by atoms with E-state index in [2.05, 4.69) is 38.2 Å². The number of allylic oxidation sites excluding steroid dienone is 4. The Kier molecular flexibility index (Phi) is 37.0. The fourth-order valence-electron chi connectivity index (χ4n) is 5.79. The van der Waals surface area contributed by atoms with E-state index in [9.17, 15) is 0 Å². The minimum absolute atomic E-state index is 1.27. The van der Waals surface area contributed by atoms with E-state index < -0.39 is 0 Å². The van der Waals surface area contributed by atoms with E-state index >= 15 is 0 Å². The molecule has 0 aliphatic rings. The Morgan fingerprint density at radius 2 is 0.410 bits per heavy atom. The molecule has 0 atom stereocenters. The van der Waals surface area contributed by atoms with Crippen molar-refractivity contribution in [3.8, 4) is 0 Å². The maximum absolute atomic E-state index is 2.38. The Balaban J connectivity index is 3.14. The van der Waals surface area contributed by atoms with Crippen LogP contribution in [0.5, 0.6) is 0 Å². The molecule has 0 unspecified atom stereocenters. The molecule has 0 aliphatic carbocycles. The lowest BCUT2D eigenvalue weighted by Gasteiger charge is -2.03. The summed E-state index contributed by atoms with van der Waals surface area (Å²) in [5, 5.41) is 0. The van der Waals surface area contributed by atoms with Gasteiger partial charge in [0.15, 0.2) is 0 Å². The Bertz CT molecular complexity index is 459. The highest BCUT2D eigenvalue weighted by molar-refractivity contribution is 5.02. The summed E-state index contributed by atoms with van der Waals surface area (Å²) in [6.07, 6.45) is 56.9. The van der Waals surface area contributed by atoms with Crippen LogP contribution < -0.4 is 0 Å². The van der Waals surface area contributed by atoms with Crippen molar-refractivity contribution in [3.63, 3.8) is 0 Å². The van der Waals surface area contributed by atoms with Crippen LogP contribution in [-0.2, 0) is 0 Å². The summed E-state index contributed by atoms with van der Waals surface area (Å²) in [4.78, 5) is 0. The Hall–Kier alpha value is -0.520. The fraction of sp³-hybridized carbons (Fsp3) is 0.897. The second kappa shape index (κ2) is 37.5. The molecule has 0 bridgehead atoms. The highest BCUT2D eigenvalue weighted by Crippen LogP contribution is 2.15. The fourth-order valence-corrected chi connectivity index (χ4v) is 5.79. The predicted octanol–water partition coefficient (Wildman–Crippen LogP) is 15.0. The molecule has 0 saturated heterocycles. The summed E-state index contributed by atoms with van der Waals surface area (Å²) in [7, 11) is 0. The second-order valence-corrected chi connectivity index (χ2v) is 12.7. The van der Waals surface area contributed by atoms with Crippen LogP contribution in [0.1, 0.15) is 226 Å². The molecule has 0 heteroatoms. The van der Waals surface area contributed by atoms with Crippen molar-refractivity contribution in [2.75, 3.05) is 0 Å². The van der Waals surface area contributed by atoms with Gasteiger partial charge in [-0.1, -0.05) is 224 Å². The zero-order valence-electron chi connectivity index (χ0n) is 27.6. The van der Waals surface area contributed by atoms with Gasteiger partial charge in [0.05, 0.1) is 0 Å².